The second-order valence-corrected chi connectivity index (χ2v) is 3.99. The topological polar surface area (TPSA) is 55.8 Å². The first-order chi connectivity index (χ1) is 6.66. The highest BCUT2D eigenvalue weighted by Crippen LogP contribution is 2.38. The van der Waals surface area contributed by atoms with Crippen molar-refractivity contribution < 1.29 is 19.4 Å². The highest BCUT2D eigenvalue weighted by Gasteiger charge is 2.53. The number of ketones is 1. The number of rotatable bonds is 2. The number of hydrogen-bond donors (Lipinski definition) is 1. The molecule has 0 bridgehead atoms. The molecule has 2 aliphatic rings. The summed E-state index contributed by atoms with van der Waals surface area (Å²) in [6, 6.07) is 0. The Bertz CT molecular complexity index is 240. The van der Waals surface area contributed by atoms with Gasteiger partial charge in [-0.2, -0.15) is 0 Å². The molecule has 0 amide bonds. The molecular formula is C10H16O4. The van der Waals surface area contributed by atoms with E-state index >= 15 is 0 Å². The number of Topliss-reactive ketones (excluding diaryl/α,β-unsaturated/α-hetero) is 1. The van der Waals surface area contributed by atoms with Crippen molar-refractivity contribution in [3.8, 4) is 0 Å². The molecule has 2 fully saturated rings. The Morgan fingerprint density at radius 2 is 2.43 bits per heavy atom. The predicted octanol–water partition coefficient (Wildman–Crippen LogP) is 0.274. The Balaban J connectivity index is 2.16. The fraction of sp³-hybridized carbons (Fsp3) is 0.900. The summed E-state index contributed by atoms with van der Waals surface area (Å²) < 4.78 is 10.8. The van der Waals surface area contributed by atoms with E-state index in [1.54, 1.807) is 0 Å². The largest absolute Gasteiger partial charge is 0.384 e. The van der Waals surface area contributed by atoms with Crippen LogP contribution in [-0.2, 0) is 14.3 Å². The minimum Gasteiger partial charge on any atom is -0.384 e. The van der Waals surface area contributed by atoms with Crippen LogP contribution in [-0.4, -0.2) is 41.9 Å². The minimum absolute atomic E-state index is 0.125. The molecule has 1 saturated carbocycles. The Morgan fingerprint density at radius 1 is 1.64 bits per heavy atom. The summed E-state index contributed by atoms with van der Waals surface area (Å²) in [6.07, 6.45) is 0.515. The molecule has 2 rings (SSSR count). The third kappa shape index (κ3) is 1.47. The van der Waals surface area contributed by atoms with E-state index in [2.05, 4.69) is 0 Å². The van der Waals surface area contributed by atoms with Crippen LogP contribution in [0.25, 0.3) is 0 Å². The third-order valence-corrected chi connectivity index (χ3v) is 3.13. The predicted molar refractivity (Wildman–Crippen MR) is 49.0 cm³/mol. The third-order valence-electron chi connectivity index (χ3n) is 3.13. The van der Waals surface area contributed by atoms with E-state index in [1.807, 2.05) is 6.92 Å². The van der Waals surface area contributed by atoms with Gasteiger partial charge >= 0.3 is 0 Å². The smallest absolute Gasteiger partial charge is 0.138 e. The summed E-state index contributed by atoms with van der Waals surface area (Å²) in [7, 11) is 0. The van der Waals surface area contributed by atoms with Gasteiger partial charge in [0.25, 0.3) is 0 Å². The molecular weight excluding hydrogens is 184 g/mol. The van der Waals surface area contributed by atoms with Crippen molar-refractivity contribution in [1.29, 1.82) is 0 Å². The Morgan fingerprint density at radius 3 is 3.14 bits per heavy atom. The minimum atomic E-state index is -0.927. The zero-order valence-electron chi connectivity index (χ0n) is 8.36. The van der Waals surface area contributed by atoms with Gasteiger partial charge < -0.3 is 14.6 Å². The van der Waals surface area contributed by atoms with E-state index < -0.39 is 5.60 Å². The maximum absolute atomic E-state index is 11.4. The lowest BCUT2D eigenvalue weighted by atomic mass is 9.78. The van der Waals surface area contributed by atoms with Crippen LogP contribution in [0.5, 0.6) is 0 Å². The zero-order chi connectivity index (χ0) is 10.2. The van der Waals surface area contributed by atoms with Gasteiger partial charge in [-0.05, 0) is 6.92 Å². The lowest BCUT2D eigenvalue weighted by Crippen LogP contribution is -2.55. The van der Waals surface area contributed by atoms with E-state index in [-0.39, 0.29) is 18.0 Å². The lowest BCUT2D eigenvalue weighted by Gasteiger charge is -2.39. The maximum atomic E-state index is 11.4. The van der Waals surface area contributed by atoms with E-state index in [9.17, 15) is 9.90 Å². The first-order valence-electron chi connectivity index (χ1n) is 5.14. The van der Waals surface area contributed by atoms with E-state index in [4.69, 9.17) is 9.47 Å². The summed E-state index contributed by atoms with van der Waals surface area (Å²) in [5, 5.41) is 10.3. The van der Waals surface area contributed by atoms with Gasteiger partial charge in [-0.1, -0.05) is 0 Å². The zero-order valence-corrected chi connectivity index (χ0v) is 8.36. The normalized spacial score (nSPS) is 42.6. The highest BCUT2D eigenvalue weighted by molar-refractivity contribution is 5.81. The monoisotopic (exact) mass is 200 g/mol. The summed E-state index contributed by atoms with van der Waals surface area (Å²) in [5.41, 5.74) is -0.927. The van der Waals surface area contributed by atoms with Crippen molar-refractivity contribution in [2.75, 3.05) is 13.2 Å². The van der Waals surface area contributed by atoms with E-state index in [0.717, 1.165) is 0 Å². The van der Waals surface area contributed by atoms with Crippen LogP contribution in [0.15, 0.2) is 0 Å². The second kappa shape index (κ2) is 3.61. The van der Waals surface area contributed by atoms with Gasteiger partial charge in [0, 0.05) is 25.9 Å². The number of fused-ring (bicyclic) bond motifs is 1. The van der Waals surface area contributed by atoms with Gasteiger partial charge in [0.05, 0.1) is 18.8 Å². The fourth-order valence-corrected chi connectivity index (χ4v) is 2.35. The first-order valence-corrected chi connectivity index (χ1v) is 5.14. The standard InChI is InChI=1S/C10H16O4/c1-2-13-8-5-7(11)6-9-10(8,12)3-4-14-9/h8-9,12H,2-6H2,1H3/t8?,9-,10-/m1/s1. The Labute approximate surface area is 83.2 Å². The van der Waals surface area contributed by atoms with Crippen molar-refractivity contribution in [1.82, 2.24) is 0 Å². The van der Waals surface area contributed by atoms with Crippen LogP contribution in [0.2, 0.25) is 0 Å². The first kappa shape index (κ1) is 10.1. The van der Waals surface area contributed by atoms with E-state index in [0.29, 0.717) is 32.5 Å². The van der Waals surface area contributed by atoms with Crippen LogP contribution in [0.1, 0.15) is 26.2 Å². The van der Waals surface area contributed by atoms with E-state index in [1.165, 1.54) is 0 Å². The molecule has 14 heavy (non-hydrogen) atoms. The fourth-order valence-electron chi connectivity index (χ4n) is 2.35. The van der Waals surface area contributed by atoms with Crippen molar-refractivity contribution >= 4 is 5.78 Å². The molecule has 1 aliphatic heterocycles. The number of aliphatic hydroxyl groups is 1. The summed E-state index contributed by atoms with van der Waals surface area (Å²) in [6.45, 7) is 2.91. The van der Waals surface area contributed by atoms with Crippen LogP contribution >= 0.6 is 0 Å². The summed E-state index contributed by atoms with van der Waals surface area (Å²) in [4.78, 5) is 11.4. The number of carbonyl (C=O) groups is 1. The molecule has 80 valence electrons. The SMILES string of the molecule is CCOC1CC(=O)C[C@H]2OCC[C@@]12O. The second-order valence-electron chi connectivity index (χ2n) is 3.99. The molecule has 1 N–H and O–H groups in total. The average Bonchev–Trinajstić information content (AvgIpc) is 2.49. The molecule has 0 aromatic carbocycles. The number of carbonyl (C=O) groups excluding carboxylic acids is 1. The molecule has 4 nitrogen and oxygen atoms in total. The van der Waals surface area contributed by atoms with Crippen LogP contribution in [0.3, 0.4) is 0 Å². The molecule has 1 aliphatic carbocycles. The summed E-state index contributed by atoms with van der Waals surface area (Å²) in [5.74, 6) is 0.125. The molecule has 0 aromatic heterocycles. The van der Waals surface area contributed by atoms with Crippen molar-refractivity contribution in [2.24, 2.45) is 0 Å². The van der Waals surface area contributed by atoms with Crippen LogP contribution in [0.4, 0.5) is 0 Å². The molecule has 0 radical (unpaired) electrons. The quantitative estimate of drug-likeness (QED) is 0.695. The van der Waals surface area contributed by atoms with Crippen molar-refractivity contribution in [3.63, 3.8) is 0 Å². The molecule has 4 heteroatoms. The van der Waals surface area contributed by atoms with Gasteiger partial charge in [0.2, 0.25) is 0 Å². The van der Waals surface area contributed by atoms with Gasteiger partial charge in [-0.25, -0.2) is 0 Å². The van der Waals surface area contributed by atoms with Crippen LogP contribution < -0.4 is 0 Å². The Hall–Kier alpha value is -0.450. The number of ether oxygens (including phenoxy) is 2. The molecule has 0 aromatic rings. The summed E-state index contributed by atoms with van der Waals surface area (Å²) >= 11 is 0. The van der Waals surface area contributed by atoms with Crippen molar-refractivity contribution in [2.45, 2.75) is 44.0 Å². The van der Waals surface area contributed by atoms with Crippen LogP contribution in [0, 0.1) is 0 Å². The van der Waals surface area contributed by atoms with Crippen molar-refractivity contribution in [3.05, 3.63) is 0 Å². The molecule has 1 saturated heterocycles. The van der Waals surface area contributed by atoms with Gasteiger partial charge in [0.15, 0.2) is 0 Å². The average molecular weight is 200 g/mol. The lowest BCUT2D eigenvalue weighted by molar-refractivity contribution is -0.168. The number of hydrogen-bond acceptors (Lipinski definition) is 4. The maximum Gasteiger partial charge on any atom is 0.138 e. The van der Waals surface area contributed by atoms with Gasteiger partial charge in [0.1, 0.15) is 11.4 Å². The molecule has 1 unspecified atom stereocenters. The van der Waals surface area contributed by atoms with Gasteiger partial charge in [-0.3, -0.25) is 4.79 Å². The molecule has 1 heterocycles. The molecule has 0 spiro atoms. The highest BCUT2D eigenvalue weighted by atomic mass is 16.5. The van der Waals surface area contributed by atoms with Gasteiger partial charge in [-0.15, -0.1) is 0 Å². The molecule has 3 atom stereocenters. The Kier molecular flexibility index (Phi) is 2.60.